The van der Waals surface area contributed by atoms with Gasteiger partial charge in [-0.2, -0.15) is 0 Å². The highest BCUT2D eigenvalue weighted by atomic mass is 32.2. The molecule has 170 valence electrons. The average Bonchev–Trinajstić information content (AvgIpc) is 2.76. The van der Waals surface area contributed by atoms with E-state index in [9.17, 15) is 4.39 Å². The number of ether oxygens (including phenoxy) is 3. The minimum atomic E-state index is -0.358. The molecule has 0 spiro atoms. The van der Waals surface area contributed by atoms with Crippen molar-refractivity contribution >= 4 is 38.8 Å². The van der Waals surface area contributed by atoms with Crippen LogP contribution >= 0.6 is 0 Å². The molecule has 1 saturated heterocycles. The van der Waals surface area contributed by atoms with Crippen molar-refractivity contribution in [1.82, 2.24) is 9.97 Å². The minimum Gasteiger partial charge on any atom is -0.494 e. The molecule has 4 rings (SSSR count). The first kappa shape index (κ1) is 22.4. The van der Waals surface area contributed by atoms with Crippen LogP contribution in [-0.4, -0.2) is 48.9 Å². The average molecular weight is 459 g/mol. The van der Waals surface area contributed by atoms with E-state index in [0.29, 0.717) is 36.2 Å². The molecule has 1 aliphatic rings. The number of rotatable bonds is 6. The summed E-state index contributed by atoms with van der Waals surface area (Å²) in [6, 6.07) is 6.37. The smallest absolute Gasteiger partial charge is 0.148 e. The molecule has 1 aliphatic heterocycles. The Labute approximate surface area is 189 Å². The molecule has 2 aromatic carbocycles. The summed E-state index contributed by atoms with van der Waals surface area (Å²) < 4.78 is 35.9. The molecule has 0 saturated carbocycles. The van der Waals surface area contributed by atoms with E-state index in [4.69, 9.17) is 18.6 Å². The molecule has 0 atom stereocenters. The van der Waals surface area contributed by atoms with Crippen molar-refractivity contribution in [3.63, 3.8) is 0 Å². The van der Waals surface area contributed by atoms with Crippen LogP contribution in [-0.2, 0) is 15.4 Å². The number of nitrogens with zero attached hydrogens (tertiary/aromatic N) is 3. The Balaban J connectivity index is 1.76. The van der Waals surface area contributed by atoms with Crippen molar-refractivity contribution < 1.29 is 18.6 Å². The van der Waals surface area contributed by atoms with Crippen LogP contribution in [0.2, 0.25) is 0 Å². The maximum atomic E-state index is 14.0. The number of methoxy groups -OCH3 is 1. The highest BCUT2D eigenvalue weighted by molar-refractivity contribution is 7.85. The van der Waals surface area contributed by atoms with Crippen molar-refractivity contribution in [2.45, 2.75) is 25.9 Å². The molecule has 2 heterocycles. The molecule has 0 aliphatic carbocycles. The first-order valence-electron chi connectivity index (χ1n) is 10.4. The maximum absolute atomic E-state index is 14.0. The summed E-state index contributed by atoms with van der Waals surface area (Å²) in [6.07, 6.45) is 7.11. The number of anilines is 2. The summed E-state index contributed by atoms with van der Waals surface area (Å²) in [5.41, 5.74) is 3.03. The van der Waals surface area contributed by atoms with E-state index in [1.54, 1.807) is 13.2 Å². The SMILES string of the molecule is COc1c(N=S(C)C)cc2ncnc(Nc3ccc(F)cc3OC3CCOCC3)c2c1C. The van der Waals surface area contributed by atoms with Gasteiger partial charge in [-0.05, 0) is 37.6 Å². The molecular weight excluding hydrogens is 431 g/mol. The third-order valence-electron chi connectivity index (χ3n) is 5.24. The van der Waals surface area contributed by atoms with E-state index in [2.05, 4.69) is 15.3 Å². The van der Waals surface area contributed by atoms with Gasteiger partial charge in [0.2, 0.25) is 0 Å². The number of halogens is 1. The fourth-order valence-electron chi connectivity index (χ4n) is 3.79. The Morgan fingerprint density at radius 3 is 2.69 bits per heavy atom. The lowest BCUT2D eigenvalue weighted by molar-refractivity contribution is 0.0257. The molecule has 7 nitrogen and oxygen atoms in total. The second kappa shape index (κ2) is 9.79. The molecule has 0 radical (unpaired) electrons. The fourth-order valence-corrected chi connectivity index (χ4v) is 4.32. The minimum absolute atomic E-state index is 0.0175. The molecule has 32 heavy (non-hydrogen) atoms. The number of benzene rings is 2. The van der Waals surface area contributed by atoms with Gasteiger partial charge in [-0.3, -0.25) is 0 Å². The van der Waals surface area contributed by atoms with Crippen LogP contribution in [0.5, 0.6) is 11.5 Å². The molecule has 1 fully saturated rings. The van der Waals surface area contributed by atoms with Gasteiger partial charge in [-0.1, -0.05) is 0 Å². The van der Waals surface area contributed by atoms with Crippen LogP contribution in [0.1, 0.15) is 18.4 Å². The molecular formula is C23H27FN4O3S. The van der Waals surface area contributed by atoms with Gasteiger partial charge in [0, 0.05) is 29.9 Å². The fraction of sp³-hybridized carbons (Fsp3) is 0.391. The van der Waals surface area contributed by atoms with Crippen LogP contribution in [0.3, 0.4) is 0 Å². The van der Waals surface area contributed by atoms with Crippen molar-refractivity contribution in [2.24, 2.45) is 4.36 Å². The first-order chi connectivity index (χ1) is 15.5. The topological polar surface area (TPSA) is 77.9 Å². The van der Waals surface area contributed by atoms with Gasteiger partial charge >= 0.3 is 0 Å². The predicted octanol–water partition coefficient (Wildman–Crippen LogP) is 5.08. The van der Waals surface area contributed by atoms with E-state index in [1.165, 1.54) is 18.5 Å². The van der Waals surface area contributed by atoms with Crippen molar-refractivity contribution in [3.05, 3.63) is 42.0 Å². The zero-order chi connectivity index (χ0) is 22.7. The molecule has 3 aromatic rings. The number of aromatic nitrogens is 2. The molecule has 0 bridgehead atoms. The molecule has 0 unspecified atom stereocenters. The molecule has 1 aromatic heterocycles. The van der Waals surface area contributed by atoms with Crippen LogP contribution in [0.15, 0.2) is 35.0 Å². The number of hydrogen-bond acceptors (Lipinski definition) is 7. The van der Waals surface area contributed by atoms with Crippen molar-refractivity contribution in [1.29, 1.82) is 0 Å². The summed E-state index contributed by atoms with van der Waals surface area (Å²) >= 11 is 0. The zero-order valence-corrected chi connectivity index (χ0v) is 19.5. The normalized spacial score (nSPS) is 14.6. The number of fused-ring (bicyclic) bond motifs is 1. The summed E-state index contributed by atoms with van der Waals surface area (Å²) in [4.78, 5) is 8.91. The van der Waals surface area contributed by atoms with Crippen LogP contribution < -0.4 is 14.8 Å². The standard InChI is InChI=1S/C23H27FN4O3S/c1-14-21-18(12-19(22(14)29-2)28-32(3)4)25-13-26-23(21)27-17-6-5-15(24)11-20(17)31-16-7-9-30-10-8-16/h5-6,11-13,16H,7-10H2,1-4H3,(H,25,26,27). The highest BCUT2D eigenvalue weighted by Crippen LogP contribution is 2.40. The highest BCUT2D eigenvalue weighted by Gasteiger charge is 2.20. The van der Waals surface area contributed by atoms with E-state index in [0.717, 1.165) is 35.0 Å². The number of hydrogen-bond donors (Lipinski definition) is 1. The Morgan fingerprint density at radius 2 is 1.97 bits per heavy atom. The summed E-state index contributed by atoms with van der Waals surface area (Å²) in [5, 5.41) is 4.14. The largest absolute Gasteiger partial charge is 0.494 e. The van der Waals surface area contributed by atoms with Gasteiger partial charge in [-0.25, -0.2) is 18.7 Å². The Bertz CT molecular complexity index is 1160. The summed E-state index contributed by atoms with van der Waals surface area (Å²) in [5.74, 6) is 1.37. The van der Waals surface area contributed by atoms with Gasteiger partial charge in [-0.15, -0.1) is 10.7 Å². The van der Waals surface area contributed by atoms with Crippen molar-refractivity contribution in [2.75, 3.05) is 38.2 Å². The van der Waals surface area contributed by atoms with Gasteiger partial charge in [0.05, 0.1) is 31.5 Å². The molecule has 0 amide bonds. The quantitative estimate of drug-likeness (QED) is 0.555. The van der Waals surface area contributed by atoms with Crippen LogP contribution in [0.25, 0.3) is 10.9 Å². The van der Waals surface area contributed by atoms with Gasteiger partial charge in [0.25, 0.3) is 0 Å². The number of nitrogens with one attached hydrogen (secondary N) is 1. The van der Waals surface area contributed by atoms with E-state index in [-0.39, 0.29) is 22.6 Å². The van der Waals surface area contributed by atoms with E-state index >= 15 is 0 Å². The monoisotopic (exact) mass is 458 g/mol. The van der Waals surface area contributed by atoms with Gasteiger partial charge in [0.15, 0.2) is 0 Å². The third kappa shape index (κ3) is 4.83. The summed E-state index contributed by atoms with van der Waals surface area (Å²) in [7, 11) is 1.48. The second-order valence-electron chi connectivity index (χ2n) is 7.73. The lowest BCUT2D eigenvalue weighted by atomic mass is 10.1. The van der Waals surface area contributed by atoms with Crippen LogP contribution in [0.4, 0.5) is 21.6 Å². The zero-order valence-electron chi connectivity index (χ0n) is 18.6. The first-order valence-corrected chi connectivity index (χ1v) is 12.4. The Morgan fingerprint density at radius 1 is 1.19 bits per heavy atom. The summed E-state index contributed by atoms with van der Waals surface area (Å²) in [6.45, 7) is 3.24. The van der Waals surface area contributed by atoms with E-state index < -0.39 is 0 Å². The van der Waals surface area contributed by atoms with E-state index in [1.807, 2.05) is 25.5 Å². The lowest BCUT2D eigenvalue weighted by Crippen LogP contribution is -2.26. The molecule has 1 N–H and O–H groups in total. The van der Waals surface area contributed by atoms with Crippen LogP contribution in [0, 0.1) is 12.7 Å². The lowest BCUT2D eigenvalue weighted by Gasteiger charge is -2.25. The van der Waals surface area contributed by atoms with Crippen molar-refractivity contribution in [3.8, 4) is 11.5 Å². The number of aryl methyl sites for hydroxylation is 1. The Hall–Kier alpha value is -2.78. The van der Waals surface area contributed by atoms with Gasteiger partial charge < -0.3 is 19.5 Å². The third-order valence-corrected chi connectivity index (χ3v) is 5.80. The second-order valence-corrected chi connectivity index (χ2v) is 9.46. The predicted molar refractivity (Wildman–Crippen MR) is 126 cm³/mol. The Kier molecular flexibility index (Phi) is 6.86. The van der Waals surface area contributed by atoms with Gasteiger partial charge in [0.1, 0.15) is 41.3 Å². The maximum Gasteiger partial charge on any atom is 0.148 e. The molecule has 9 heteroatoms.